The number of carbonyl (C=O) groups excluding carboxylic acids is 2. The predicted molar refractivity (Wildman–Crippen MR) is 106 cm³/mol. The summed E-state index contributed by atoms with van der Waals surface area (Å²) in [4.78, 5) is 23.1. The minimum atomic E-state index is -0.128. The van der Waals surface area contributed by atoms with E-state index in [4.69, 9.17) is 0 Å². The van der Waals surface area contributed by atoms with Gasteiger partial charge in [-0.25, -0.2) is 0 Å². The molecule has 2 N–H and O–H groups in total. The molecule has 2 aromatic carbocycles. The molecule has 0 aliphatic heterocycles. The van der Waals surface area contributed by atoms with Crippen LogP contribution in [-0.4, -0.2) is 22.9 Å². The van der Waals surface area contributed by atoms with Gasteiger partial charge >= 0.3 is 0 Å². The summed E-state index contributed by atoms with van der Waals surface area (Å²) in [6.07, 6.45) is 0.255. The van der Waals surface area contributed by atoms with Crippen molar-refractivity contribution in [3.63, 3.8) is 0 Å². The Morgan fingerprint density at radius 3 is 2.50 bits per heavy atom. The molecule has 1 aromatic heterocycles. The lowest BCUT2D eigenvalue weighted by molar-refractivity contribution is -0.119. The fourth-order valence-corrected chi connectivity index (χ4v) is 3.52. The smallest absolute Gasteiger partial charge is 0.226 e. The van der Waals surface area contributed by atoms with Gasteiger partial charge in [0.05, 0.1) is 0 Å². The molecule has 0 atom stereocenters. The molecule has 0 bridgehead atoms. The van der Waals surface area contributed by atoms with Crippen LogP contribution in [0.15, 0.2) is 36.4 Å². The van der Waals surface area contributed by atoms with Crippen molar-refractivity contribution in [2.45, 2.75) is 40.2 Å². The van der Waals surface area contributed by atoms with E-state index in [2.05, 4.69) is 53.3 Å². The van der Waals surface area contributed by atoms with Crippen LogP contribution in [-0.2, 0) is 9.59 Å². The Morgan fingerprint density at radius 2 is 1.81 bits per heavy atom. The molecular formula is C21H25N3O2. The van der Waals surface area contributed by atoms with E-state index in [-0.39, 0.29) is 18.2 Å². The Bertz CT molecular complexity index is 986. The molecule has 3 aromatic rings. The topological polar surface area (TPSA) is 63.1 Å². The van der Waals surface area contributed by atoms with Gasteiger partial charge in [-0.1, -0.05) is 18.2 Å². The molecular weight excluding hydrogens is 326 g/mol. The summed E-state index contributed by atoms with van der Waals surface area (Å²) < 4.78 is 2.33. The summed E-state index contributed by atoms with van der Waals surface area (Å²) in [5, 5.41) is 8.00. The first-order chi connectivity index (χ1) is 12.4. The van der Waals surface area contributed by atoms with Crippen LogP contribution >= 0.6 is 0 Å². The number of carbonyl (C=O) groups is 2. The van der Waals surface area contributed by atoms with Crippen LogP contribution in [0.4, 0.5) is 5.69 Å². The number of rotatable bonds is 5. The van der Waals surface area contributed by atoms with E-state index in [0.29, 0.717) is 12.6 Å². The summed E-state index contributed by atoms with van der Waals surface area (Å²) in [6, 6.07) is 12.8. The zero-order chi connectivity index (χ0) is 18.8. The van der Waals surface area contributed by atoms with E-state index < -0.39 is 0 Å². The molecule has 0 fully saturated rings. The molecule has 5 nitrogen and oxygen atoms in total. The lowest BCUT2D eigenvalue weighted by Gasteiger charge is -2.13. The highest BCUT2D eigenvalue weighted by molar-refractivity contribution is 6.12. The van der Waals surface area contributed by atoms with Gasteiger partial charge in [-0.2, -0.15) is 0 Å². The largest absolute Gasteiger partial charge is 0.356 e. The van der Waals surface area contributed by atoms with Crippen LogP contribution in [0.3, 0.4) is 0 Å². The summed E-state index contributed by atoms with van der Waals surface area (Å²) in [6.45, 7) is 8.19. The average Bonchev–Trinajstić information content (AvgIpc) is 2.92. The van der Waals surface area contributed by atoms with Gasteiger partial charge in [0.1, 0.15) is 0 Å². The van der Waals surface area contributed by atoms with Crippen LogP contribution in [0.25, 0.3) is 21.8 Å². The number of hydrogen-bond donors (Lipinski definition) is 2. The molecule has 0 saturated carbocycles. The molecule has 1 heterocycles. The summed E-state index contributed by atoms with van der Waals surface area (Å²) in [5.41, 5.74) is 4.26. The van der Waals surface area contributed by atoms with Crippen LogP contribution in [0.1, 0.15) is 38.8 Å². The highest BCUT2D eigenvalue weighted by Gasteiger charge is 2.16. The van der Waals surface area contributed by atoms with Crippen LogP contribution in [0, 0.1) is 6.92 Å². The average molecular weight is 351 g/mol. The van der Waals surface area contributed by atoms with Gasteiger partial charge in [0.2, 0.25) is 11.8 Å². The Morgan fingerprint density at radius 1 is 1.08 bits per heavy atom. The molecule has 0 saturated heterocycles. The van der Waals surface area contributed by atoms with E-state index in [1.807, 2.05) is 19.1 Å². The maximum Gasteiger partial charge on any atom is 0.226 e. The molecule has 0 aliphatic carbocycles. The fraction of sp³-hybridized carbons (Fsp3) is 0.333. The zero-order valence-corrected chi connectivity index (χ0v) is 15.7. The first kappa shape index (κ1) is 18.0. The molecule has 0 radical (unpaired) electrons. The van der Waals surface area contributed by atoms with Crippen molar-refractivity contribution >= 4 is 39.3 Å². The highest BCUT2D eigenvalue weighted by atomic mass is 16.2. The maximum atomic E-state index is 12.2. The number of nitrogens with zero attached hydrogens (tertiary/aromatic N) is 1. The van der Waals surface area contributed by atoms with Gasteiger partial charge in [-0.3, -0.25) is 9.59 Å². The second-order valence-corrected chi connectivity index (χ2v) is 6.89. The lowest BCUT2D eigenvalue weighted by Crippen LogP contribution is -2.25. The number of anilines is 1. The number of para-hydroxylation sites is 1. The zero-order valence-electron chi connectivity index (χ0n) is 15.7. The van der Waals surface area contributed by atoms with Crippen molar-refractivity contribution in [3.05, 3.63) is 42.0 Å². The predicted octanol–water partition coefficient (Wildman–Crippen LogP) is 4.15. The van der Waals surface area contributed by atoms with E-state index in [1.54, 1.807) is 0 Å². The normalized spacial score (nSPS) is 11.3. The van der Waals surface area contributed by atoms with Crippen LogP contribution in [0.5, 0.6) is 0 Å². The fourth-order valence-electron chi connectivity index (χ4n) is 3.52. The number of benzene rings is 2. The molecule has 5 heteroatoms. The summed E-state index contributed by atoms with van der Waals surface area (Å²) in [5.74, 6) is -0.231. The number of nitrogens with one attached hydrogen (secondary N) is 2. The van der Waals surface area contributed by atoms with E-state index in [9.17, 15) is 9.59 Å². The molecule has 136 valence electrons. The van der Waals surface area contributed by atoms with E-state index >= 15 is 0 Å². The monoisotopic (exact) mass is 351 g/mol. The molecule has 26 heavy (non-hydrogen) atoms. The minimum Gasteiger partial charge on any atom is -0.356 e. The van der Waals surface area contributed by atoms with Crippen LogP contribution < -0.4 is 10.6 Å². The molecule has 2 amide bonds. The second kappa shape index (κ2) is 7.20. The van der Waals surface area contributed by atoms with Gasteiger partial charge in [-0.15, -0.1) is 0 Å². The van der Waals surface area contributed by atoms with Crippen molar-refractivity contribution in [1.82, 2.24) is 9.88 Å². The maximum absolute atomic E-state index is 12.2. The van der Waals surface area contributed by atoms with Gasteiger partial charge < -0.3 is 15.2 Å². The van der Waals surface area contributed by atoms with E-state index in [0.717, 1.165) is 11.3 Å². The van der Waals surface area contributed by atoms with Crippen molar-refractivity contribution < 1.29 is 9.59 Å². The van der Waals surface area contributed by atoms with Crippen LogP contribution in [0.2, 0.25) is 0 Å². The standard InChI is InChI=1S/C21H25N3O2/c1-13(2)24-18-8-6-5-7-16(18)21-14(3)17(9-10-19(21)24)23-20(26)11-12-22-15(4)25/h5-10,13H,11-12H2,1-4H3,(H,22,25)(H,23,26). The molecule has 0 unspecified atom stereocenters. The van der Waals surface area contributed by atoms with Crippen molar-refractivity contribution in [1.29, 1.82) is 0 Å². The number of amides is 2. The number of hydrogen-bond acceptors (Lipinski definition) is 2. The van der Waals surface area contributed by atoms with Gasteiger partial charge in [0.15, 0.2) is 0 Å². The van der Waals surface area contributed by atoms with Gasteiger partial charge in [0.25, 0.3) is 0 Å². The minimum absolute atomic E-state index is 0.103. The van der Waals surface area contributed by atoms with Gasteiger partial charge in [-0.05, 0) is 44.5 Å². The lowest BCUT2D eigenvalue weighted by atomic mass is 10.1. The summed E-state index contributed by atoms with van der Waals surface area (Å²) >= 11 is 0. The third-order valence-electron chi connectivity index (χ3n) is 4.65. The molecule has 0 aliphatic rings. The van der Waals surface area contributed by atoms with Crippen molar-refractivity contribution in [2.24, 2.45) is 0 Å². The summed E-state index contributed by atoms with van der Waals surface area (Å²) in [7, 11) is 0. The van der Waals surface area contributed by atoms with Gasteiger partial charge in [0, 0.05) is 53.4 Å². The Balaban J connectivity index is 2.00. The quantitative estimate of drug-likeness (QED) is 0.725. The third kappa shape index (κ3) is 3.29. The van der Waals surface area contributed by atoms with E-state index in [1.165, 1.54) is 28.7 Å². The number of fused-ring (bicyclic) bond motifs is 3. The highest BCUT2D eigenvalue weighted by Crippen LogP contribution is 2.36. The number of aryl methyl sites for hydroxylation is 1. The Kier molecular flexibility index (Phi) is 4.98. The molecule has 3 rings (SSSR count). The third-order valence-corrected chi connectivity index (χ3v) is 4.65. The SMILES string of the molecule is CC(=O)NCCC(=O)Nc1ccc2c(c1C)c1ccccc1n2C(C)C. The van der Waals surface area contributed by atoms with Crippen molar-refractivity contribution in [3.8, 4) is 0 Å². The first-order valence-electron chi connectivity index (χ1n) is 8.96. The second-order valence-electron chi connectivity index (χ2n) is 6.89. The Labute approximate surface area is 153 Å². The molecule has 0 spiro atoms. The number of aromatic nitrogens is 1. The van der Waals surface area contributed by atoms with Crippen molar-refractivity contribution in [2.75, 3.05) is 11.9 Å². The Hall–Kier alpha value is -2.82. The first-order valence-corrected chi connectivity index (χ1v) is 8.96.